The van der Waals surface area contributed by atoms with E-state index in [0.29, 0.717) is 25.2 Å². The lowest BCUT2D eigenvalue weighted by atomic mass is 10.1. The molecule has 1 aliphatic rings. The lowest BCUT2D eigenvalue weighted by molar-refractivity contribution is 0.303. The van der Waals surface area contributed by atoms with Crippen LogP contribution in [0.4, 0.5) is 5.82 Å². The first-order chi connectivity index (χ1) is 7.69. The topological polar surface area (TPSA) is 69.3 Å². The summed E-state index contributed by atoms with van der Waals surface area (Å²) in [5.74, 6) is 0.801. The van der Waals surface area contributed by atoms with Gasteiger partial charge < -0.3 is 10.0 Å². The van der Waals surface area contributed by atoms with Crippen LogP contribution in [0.3, 0.4) is 0 Å². The van der Waals surface area contributed by atoms with E-state index in [2.05, 4.69) is 0 Å². The molecule has 0 spiro atoms. The van der Waals surface area contributed by atoms with Gasteiger partial charge in [-0.25, -0.2) is 0 Å². The van der Waals surface area contributed by atoms with Crippen molar-refractivity contribution < 1.29 is 5.11 Å². The Labute approximate surface area is 93.2 Å². The Bertz CT molecular complexity index is 513. The lowest BCUT2D eigenvalue weighted by Crippen LogP contribution is -2.25. The molecular weight excluding hydrogens is 206 g/mol. The monoisotopic (exact) mass is 219 g/mol. The quantitative estimate of drug-likeness (QED) is 0.750. The molecule has 0 radical (unpaired) electrons. The van der Waals surface area contributed by atoms with Crippen LogP contribution in [0, 0.1) is 18.3 Å². The Kier molecular flexibility index (Phi) is 2.67. The number of pyridine rings is 1. The highest BCUT2D eigenvalue weighted by Crippen LogP contribution is 2.20. The average Bonchev–Trinajstić information content (AvgIpc) is 2.63. The minimum atomic E-state index is -0.224. The molecule has 2 rings (SSSR count). The molecule has 0 unspecified atom stereocenters. The molecule has 16 heavy (non-hydrogen) atoms. The molecule has 0 atom stereocenters. The van der Waals surface area contributed by atoms with E-state index in [1.54, 1.807) is 11.5 Å². The smallest absolute Gasteiger partial charge is 0.270 e. The summed E-state index contributed by atoms with van der Waals surface area (Å²) in [5.41, 5.74) is 0.691. The molecule has 1 aromatic rings. The van der Waals surface area contributed by atoms with Gasteiger partial charge in [-0.3, -0.25) is 9.36 Å². The van der Waals surface area contributed by atoms with Crippen LogP contribution in [0.2, 0.25) is 0 Å². The Balaban J connectivity index is 2.56. The van der Waals surface area contributed by atoms with Crippen molar-refractivity contribution in [1.29, 1.82) is 5.26 Å². The molecule has 0 amide bonds. The number of aliphatic hydroxyl groups excluding tert-OH is 1. The summed E-state index contributed by atoms with van der Waals surface area (Å²) in [7, 11) is 0. The van der Waals surface area contributed by atoms with Gasteiger partial charge >= 0.3 is 0 Å². The van der Waals surface area contributed by atoms with E-state index >= 15 is 0 Å². The van der Waals surface area contributed by atoms with E-state index in [1.165, 1.54) is 0 Å². The SMILES string of the molecule is Cc1cc2n(c(=O)c1C#N)CCN2CCO. The number of hydrogen-bond donors (Lipinski definition) is 1. The molecule has 0 fully saturated rings. The summed E-state index contributed by atoms with van der Waals surface area (Å²) >= 11 is 0. The minimum Gasteiger partial charge on any atom is -0.395 e. The van der Waals surface area contributed by atoms with Crippen molar-refractivity contribution in [2.45, 2.75) is 13.5 Å². The highest BCUT2D eigenvalue weighted by atomic mass is 16.3. The Hall–Kier alpha value is -1.80. The standard InChI is InChI=1S/C11H13N3O2/c1-8-6-10-13(4-5-15)2-3-14(10)11(16)9(8)7-12/h6,15H,2-5H2,1H3. The first-order valence-corrected chi connectivity index (χ1v) is 5.19. The molecule has 0 saturated carbocycles. The Morgan fingerprint density at radius 1 is 1.56 bits per heavy atom. The molecular formula is C11H13N3O2. The lowest BCUT2D eigenvalue weighted by Gasteiger charge is -2.17. The number of nitriles is 1. The first-order valence-electron chi connectivity index (χ1n) is 5.19. The third-order valence-electron chi connectivity index (χ3n) is 2.87. The van der Waals surface area contributed by atoms with Crippen LogP contribution in [-0.2, 0) is 6.54 Å². The number of aryl methyl sites for hydroxylation is 1. The fourth-order valence-corrected chi connectivity index (χ4v) is 2.05. The molecule has 5 nitrogen and oxygen atoms in total. The molecule has 84 valence electrons. The van der Waals surface area contributed by atoms with Crippen molar-refractivity contribution in [3.05, 3.63) is 27.5 Å². The van der Waals surface area contributed by atoms with Crippen LogP contribution >= 0.6 is 0 Å². The number of nitrogens with zero attached hydrogens (tertiary/aromatic N) is 3. The summed E-state index contributed by atoms with van der Waals surface area (Å²) < 4.78 is 1.60. The fourth-order valence-electron chi connectivity index (χ4n) is 2.05. The normalized spacial score (nSPS) is 13.7. The van der Waals surface area contributed by atoms with Gasteiger partial charge in [0.05, 0.1) is 6.61 Å². The number of fused-ring (bicyclic) bond motifs is 1. The maximum Gasteiger partial charge on any atom is 0.270 e. The summed E-state index contributed by atoms with van der Waals surface area (Å²) in [6, 6.07) is 3.77. The second-order valence-electron chi connectivity index (χ2n) is 3.84. The molecule has 0 bridgehead atoms. The predicted octanol–water partition coefficient (Wildman–Crippen LogP) is -0.159. The molecule has 1 aliphatic heterocycles. The number of β-amino-alcohol motifs (C(OH)–C–C–N with tert-alkyl or cyclic N) is 1. The molecule has 1 aromatic heterocycles. The van der Waals surface area contributed by atoms with E-state index < -0.39 is 0 Å². The molecule has 0 saturated heterocycles. The zero-order valence-corrected chi connectivity index (χ0v) is 9.10. The van der Waals surface area contributed by atoms with E-state index in [4.69, 9.17) is 10.4 Å². The molecule has 5 heteroatoms. The van der Waals surface area contributed by atoms with Gasteiger partial charge in [0.25, 0.3) is 5.56 Å². The molecule has 0 aromatic carbocycles. The average molecular weight is 219 g/mol. The number of aliphatic hydroxyl groups is 1. The summed E-state index contributed by atoms with van der Waals surface area (Å²) in [5, 5.41) is 17.8. The second kappa shape index (κ2) is 3.99. The van der Waals surface area contributed by atoms with Crippen molar-refractivity contribution in [1.82, 2.24) is 4.57 Å². The van der Waals surface area contributed by atoms with E-state index in [-0.39, 0.29) is 17.7 Å². The van der Waals surface area contributed by atoms with E-state index in [0.717, 1.165) is 5.82 Å². The minimum absolute atomic E-state index is 0.0627. The third-order valence-corrected chi connectivity index (χ3v) is 2.87. The van der Waals surface area contributed by atoms with Crippen LogP contribution in [-0.4, -0.2) is 29.4 Å². The highest BCUT2D eigenvalue weighted by molar-refractivity contribution is 5.50. The maximum atomic E-state index is 11.9. The number of hydrogen-bond acceptors (Lipinski definition) is 4. The highest BCUT2D eigenvalue weighted by Gasteiger charge is 2.22. The van der Waals surface area contributed by atoms with Gasteiger partial charge in [-0.2, -0.15) is 5.26 Å². The van der Waals surface area contributed by atoms with Gasteiger partial charge in [-0.05, 0) is 18.6 Å². The number of rotatable bonds is 2. The van der Waals surface area contributed by atoms with Gasteiger partial charge in [0.15, 0.2) is 0 Å². The maximum absolute atomic E-state index is 11.9. The second-order valence-corrected chi connectivity index (χ2v) is 3.84. The summed E-state index contributed by atoms with van der Waals surface area (Å²) in [6.07, 6.45) is 0. The number of anilines is 1. The van der Waals surface area contributed by atoms with Crippen molar-refractivity contribution >= 4 is 5.82 Å². The van der Waals surface area contributed by atoms with Crippen LogP contribution in [0.1, 0.15) is 11.1 Å². The van der Waals surface area contributed by atoms with E-state index in [9.17, 15) is 4.79 Å². The van der Waals surface area contributed by atoms with Gasteiger partial charge in [-0.1, -0.05) is 0 Å². The van der Waals surface area contributed by atoms with Crippen LogP contribution in [0.15, 0.2) is 10.9 Å². The zero-order valence-electron chi connectivity index (χ0n) is 9.10. The largest absolute Gasteiger partial charge is 0.395 e. The Morgan fingerprint density at radius 3 is 2.94 bits per heavy atom. The predicted molar refractivity (Wildman–Crippen MR) is 59.5 cm³/mol. The van der Waals surface area contributed by atoms with Gasteiger partial charge in [0.1, 0.15) is 17.5 Å². The van der Waals surface area contributed by atoms with Gasteiger partial charge in [0.2, 0.25) is 0 Å². The Morgan fingerprint density at radius 2 is 2.31 bits per heavy atom. The van der Waals surface area contributed by atoms with E-state index in [1.807, 2.05) is 17.0 Å². The summed E-state index contributed by atoms with van der Waals surface area (Å²) in [6.45, 7) is 3.64. The zero-order chi connectivity index (χ0) is 11.7. The van der Waals surface area contributed by atoms with Gasteiger partial charge in [0, 0.05) is 19.6 Å². The first kappa shape index (κ1) is 10.7. The van der Waals surface area contributed by atoms with Crippen molar-refractivity contribution in [2.24, 2.45) is 0 Å². The molecule has 1 N–H and O–H groups in total. The van der Waals surface area contributed by atoms with Crippen molar-refractivity contribution in [3.8, 4) is 6.07 Å². The van der Waals surface area contributed by atoms with Crippen LogP contribution in [0.25, 0.3) is 0 Å². The molecule has 0 aliphatic carbocycles. The van der Waals surface area contributed by atoms with Gasteiger partial charge in [-0.15, -0.1) is 0 Å². The fraction of sp³-hybridized carbons (Fsp3) is 0.455. The summed E-state index contributed by atoms with van der Waals surface area (Å²) in [4.78, 5) is 13.9. The molecule has 2 heterocycles. The third kappa shape index (κ3) is 1.48. The van der Waals surface area contributed by atoms with Crippen molar-refractivity contribution in [2.75, 3.05) is 24.6 Å². The number of aromatic nitrogens is 1. The van der Waals surface area contributed by atoms with Crippen LogP contribution in [0.5, 0.6) is 0 Å². The van der Waals surface area contributed by atoms with Crippen molar-refractivity contribution in [3.63, 3.8) is 0 Å². The van der Waals surface area contributed by atoms with Crippen LogP contribution < -0.4 is 10.5 Å².